The monoisotopic (exact) mass is 244 g/mol. The Morgan fingerprint density at radius 3 is 2.61 bits per heavy atom. The van der Waals surface area contributed by atoms with E-state index in [0.717, 1.165) is 11.3 Å². The number of anilines is 2. The fourth-order valence-corrected chi connectivity index (χ4v) is 1.50. The highest BCUT2D eigenvalue weighted by Gasteiger charge is 2.03. The highest BCUT2D eigenvalue weighted by atomic mass is 16.6. The topological polar surface area (TPSA) is 94.1 Å². The summed E-state index contributed by atoms with van der Waals surface area (Å²) in [6, 6.07) is 9.94. The number of non-ortho nitro benzene ring substituents is 1. The number of nitrogens with zero attached hydrogens (tertiary/aromatic N) is 2. The van der Waals surface area contributed by atoms with Gasteiger partial charge >= 0.3 is 0 Å². The van der Waals surface area contributed by atoms with Crippen LogP contribution in [0.5, 0.6) is 0 Å². The van der Waals surface area contributed by atoms with Crippen LogP contribution in [0.15, 0.2) is 42.6 Å². The van der Waals surface area contributed by atoms with Crippen molar-refractivity contribution in [2.75, 3.05) is 11.1 Å². The molecular formula is C12H12N4O2. The van der Waals surface area contributed by atoms with Crippen LogP contribution in [0.3, 0.4) is 0 Å². The summed E-state index contributed by atoms with van der Waals surface area (Å²) >= 11 is 0. The van der Waals surface area contributed by atoms with E-state index in [0.29, 0.717) is 12.4 Å². The van der Waals surface area contributed by atoms with Gasteiger partial charge in [-0.1, -0.05) is 12.1 Å². The minimum Gasteiger partial charge on any atom is -0.384 e. The number of nitrogen functional groups attached to an aromatic ring is 1. The molecule has 6 nitrogen and oxygen atoms in total. The minimum atomic E-state index is -0.416. The second-order valence-electron chi connectivity index (χ2n) is 3.75. The third-order valence-corrected chi connectivity index (χ3v) is 2.42. The quantitative estimate of drug-likeness (QED) is 0.635. The third kappa shape index (κ3) is 2.94. The molecule has 6 heteroatoms. The molecule has 1 aromatic heterocycles. The molecule has 0 spiro atoms. The van der Waals surface area contributed by atoms with E-state index in [4.69, 9.17) is 5.73 Å². The van der Waals surface area contributed by atoms with Gasteiger partial charge in [-0.05, 0) is 11.6 Å². The SMILES string of the molecule is Nc1cc(NCc2ccc([N+](=O)[O-])cc2)ccn1. The van der Waals surface area contributed by atoms with Gasteiger partial charge in [0.05, 0.1) is 4.92 Å². The fourth-order valence-electron chi connectivity index (χ4n) is 1.50. The van der Waals surface area contributed by atoms with Crippen molar-refractivity contribution in [2.24, 2.45) is 0 Å². The molecule has 0 saturated heterocycles. The van der Waals surface area contributed by atoms with Crippen molar-refractivity contribution in [3.8, 4) is 0 Å². The summed E-state index contributed by atoms with van der Waals surface area (Å²) in [6.07, 6.45) is 1.62. The molecule has 2 aromatic rings. The maximum atomic E-state index is 10.5. The number of nitrogens with one attached hydrogen (secondary N) is 1. The van der Waals surface area contributed by atoms with Gasteiger partial charge in [0.25, 0.3) is 5.69 Å². The average Bonchev–Trinajstić information content (AvgIpc) is 2.37. The number of nitro benzene ring substituents is 1. The van der Waals surface area contributed by atoms with E-state index in [1.807, 2.05) is 6.07 Å². The van der Waals surface area contributed by atoms with Crippen LogP contribution in [0.25, 0.3) is 0 Å². The summed E-state index contributed by atoms with van der Waals surface area (Å²) in [6.45, 7) is 0.571. The summed E-state index contributed by atoms with van der Waals surface area (Å²) in [5, 5.41) is 13.7. The predicted octanol–water partition coefficient (Wildman–Crippen LogP) is 2.18. The van der Waals surface area contributed by atoms with E-state index in [1.54, 1.807) is 24.4 Å². The fraction of sp³-hybridized carbons (Fsp3) is 0.0833. The second kappa shape index (κ2) is 5.13. The predicted molar refractivity (Wildman–Crippen MR) is 69.1 cm³/mol. The molecule has 0 aliphatic rings. The highest BCUT2D eigenvalue weighted by molar-refractivity contribution is 5.50. The number of hydrogen-bond acceptors (Lipinski definition) is 5. The zero-order valence-corrected chi connectivity index (χ0v) is 9.54. The van der Waals surface area contributed by atoms with Crippen molar-refractivity contribution >= 4 is 17.2 Å². The molecule has 92 valence electrons. The summed E-state index contributed by atoms with van der Waals surface area (Å²) < 4.78 is 0. The smallest absolute Gasteiger partial charge is 0.269 e. The van der Waals surface area contributed by atoms with Gasteiger partial charge in [0, 0.05) is 36.6 Å². The van der Waals surface area contributed by atoms with Gasteiger partial charge < -0.3 is 11.1 Å². The summed E-state index contributed by atoms with van der Waals surface area (Å²) in [5.41, 5.74) is 7.46. The molecule has 0 aliphatic carbocycles. The van der Waals surface area contributed by atoms with Gasteiger partial charge in [0.2, 0.25) is 0 Å². The van der Waals surface area contributed by atoms with Crippen molar-refractivity contribution in [2.45, 2.75) is 6.54 Å². The van der Waals surface area contributed by atoms with Crippen LogP contribution in [-0.2, 0) is 6.54 Å². The maximum Gasteiger partial charge on any atom is 0.269 e. The van der Waals surface area contributed by atoms with Crippen LogP contribution in [0, 0.1) is 10.1 Å². The van der Waals surface area contributed by atoms with Crippen LogP contribution in [0.2, 0.25) is 0 Å². The number of benzene rings is 1. The molecule has 0 fully saturated rings. The Bertz CT molecular complexity index is 554. The minimum absolute atomic E-state index is 0.0897. The molecule has 0 amide bonds. The molecule has 0 radical (unpaired) electrons. The Morgan fingerprint density at radius 1 is 1.28 bits per heavy atom. The van der Waals surface area contributed by atoms with Crippen LogP contribution in [0.4, 0.5) is 17.2 Å². The van der Waals surface area contributed by atoms with Crippen molar-refractivity contribution in [3.63, 3.8) is 0 Å². The Balaban J connectivity index is 2.00. The lowest BCUT2D eigenvalue weighted by Gasteiger charge is -2.06. The molecular weight excluding hydrogens is 232 g/mol. The third-order valence-electron chi connectivity index (χ3n) is 2.42. The van der Waals surface area contributed by atoms with Crippen LogP contribution < -0.4 is 11.1 Å². The van der Waals surface area contributed by atoms with E-state index >= 15 is 0 Å². The summed E-state index contributed by atoms with van der Waals surface area (Å²) in [4.78, 5) is 14.0. The molecule has 0 atom stereocenters. The lowest BCUT2D eigenvalue weighted by Crippen LogP contribution is -2.00. The lowest BCUT2D eigenvalue weighted by molar-refractivity contribution is -0.384. The first-order chi connectivity index (χ1) is 8.65. The van der Waals surface area contributed by atoms with Gasteiger partial charge in [0.1, 0.15) is 5.82 Å². The van der Waals surface area contributed by atoms with Crippen molar-refractivity contribution in [1.82, 2.24) is 4.98 Å². The molecule has 0 unspecified atom stereocenters. The number of nitrogens with two attached hydrogens (primary N) is 1. The molecule has 2 rings (SSSR count). The summed E-state index contributed by atoms with van der Waals surface area (Å²) in [7, 11) is 0. The number of aromatic nitrogens is 1. The number of rotatable bonds is 4. The van der Waals surface area contributed by atoms with Crippen molar-refractivity contribution in [1.29, 1.82) is 0 Å². The molecule has 3 N–H and O–H groups in total. The molecule has 1 aromatic carbocycles. The van der Waals surface area contributed by atoms with E-state index < -0.39 is 4.92 Å². The number of hydrogen-bond donors (Lipinski definition) is 2. The molecule has 0 aliphatic heterocycles. The normalized spacial score (nSPS) is 10.0. The van der Waals surface area contributed by atoms with Gasteiger partial charge in [-0.2, -0.15) is 0 Å². The van der Waals surface area contributed by atoms with Crippen LogP contribution in [0.1, 0.15) is 5.56 Å². The second-order valence-corrected chi connectivity index (χ2v) is 3.75. The van der Waals surface area contributed by atoms with Gasteiger partial charge in [-0.3, -0.25) is 10.1 Å². The van der Waals surface area contributed by atoms with E-state index in [-0.39, 0.29) is 5.69 Å². The van der Waals surface area contributed by atoms with Crippen LogP contribution in [-0.4, -0.2) is 9.91 Å². The molecule has 1 heterocycles. The van der Waals surface area contributed by atoms with E-state index in [2.05, 4.69) is 10.3 Å². The highest BCUT2D eigenvalue weighted by Crippen LogP contribution is 2.14. The van der Waals surface area contributed by atoms with Gasteiger partial charge in [-0.15, -0.1) is 0 Å². The maximum absolute atomic E-state index is 10.5. The van der Waals surface area contributed by atoms with E-state index in [9.17, 15) is 10.1 Å². The first-order valence-corrected chi connectivity index (χ1v) is 5.34. The molecule has 0 saturated carbocycles. The molecule has 18 heavy (non-hydrogen) atoms. The standard InChI is InChI=1S/C12H12N4O2/c13-12-7-10(5-6-14-12)15-8-9-1-3-11(4-2-9)16(17)18/h1-7H,8H2,(H3,13,14,15). The average molecular weight is 244 g/mol. The zero-order valence-electron chi connectivity index (χ0n) is 9.54. The lowest BCUT2D eigenvalue weighted by atomic mass is 10.2. The Kier molecular flexibility index (Phi) is 3.38. The van der Waals surface area contributed by atoms with Gasteiger partial charge in [0.15, 0.2) is 0 Å². The van der Waals surface area contributed by atoms with Crippen LogP contribution >= 0.6 is 0 Å². The van der Waals surface area contributed by atoms with Crippen molar-refractivity contribution in [3.05, 3.63) is 58.3 Å². The number of nitro groups is 1. The number of pyridine rings is 1. The largest absolute Gasteiger partial charge is 0.384 e. The Labute approximate surface area is 104 Å². The first kappa shape index (κ1) is 11.8. The molecule has 0 bridgehead atoms. The van der Waals surface area contributed by atoms with Gasteiger partial charge in [-0.25, -0.2) is 4.98 Å². The Hall–Kier alpha value is -2.63. The zero-order chi connectivity index (χ0) is 13.0. The summed E-state index contributed by atoms with van der Waals surface area (Å²) in [5.74, 6) is 0.448. The first-order valence-electron chi connectivity index (χ1n) is 5.34. The van der Waals surface area contributed by atoms with Crippen molar-refractivity contribution < 1.29 is 4.92 Å². The van der Waals surface area contributed by atoms with E-state index in [1.165, 1.54) is 12.1 Å². The Morgan fingerprint density at radius 2 is 2.00 bits per heavy atom.